The minimum Gasteiger partial charge on any atom is -0.445 e. The summed E-state index contributed by atoms with van der Waals surface area (Å²) in [4.78, 5) is 38.8. The first kappa shape index (κ1) is 22.9. The van der Waals surface area contributed by atoms with Crippen LogP contribution in [0.15, 0.2) is 57.7 Å². The van der Waals surface area contributed by atoms with Gasteiger partial charge in [0.25, 0.3) is 0 Å². The lowest BCUT2D eigenvalue weighted by molar-refractivity contribution is -0.139. The van der Waals surface area contributed by atoms with Gasteiger partial charge in [0.2, 0.25) is 0 Å². The van der Waals surface area contributed by atoms with Crippen LogP contribution in [0.3, 0.4) is 0 Å². The molecule has 0 bridgehead atoms. The number of benzene rings is 2. The zero-order valence-corrected chi connectivity index (χ0v) is 19.0. The van der Waals surface area contributed by atoms with E-state index in [4.69, 9.17) is 25.5 Å². The summed E-state index contributed by atoms with van der Waals surface area (Å²) in [6, 6.07) is 13.1. The quantitative estimate of drug-likeness (QED) is 0.283. The Kier molecular flexibility index (Phi) is 6.99. The lowest BCUT2D eigenvalue weighted by Gasteiger charge is -2.22. The van der Waals surface area contributed by atoms with Gasteiger partial charge in [-0.2, -0.15) is 0 Å². The van der Waals surface area contributed by atoms with Crippen molar-refractivity contribution in [2.45, 2.75) is 45.3 Å². The summed E-state index contributed by atoms with van der Waals surface area (Å²) in [6.07, 6.45) is 2.09. The molecule has 1 aliphatic rings. The summed E-state index contributed by atoms with van der Waals surface area (Å²) < 4.78 is 16.2. The predicted molar refractivity (Wildman–Crippen MR) is 123 cm³/mol. The fourth-order valence-corrected chi connectivity index (χ4v) is 4.19. The number of halogens is 1. The molecule has 4 rings (SSSR count). The van der Waals surface area contributed by atoms with Gasteiger partial charge < -0.3 is 13.9 Å². The molecular formula is C25H24ClNO6. The van der Waals surface area contributed by atoms with Crippen LogP contribution >= 0.6 is 11.6 Å². The van der Waals surface area contributed by atoms with E-state index in [1.54, 1.807) is 6.07 Å². The SMILES string of the molecule is CCCc1cc(=O)oc2cc(OC(=O)C3CCCN3C(=O)OCc3ccccc3)c(Cl)cc12. The van der Waals surface area contributed by atoms with E-state index in [2.05, 4.69) is 0 Å². The van der Waals surface area contributed by atoms with Crippen molar-refractivity contribution in [1.29, 1.82) is 0 Å². The Morgan fingerprint density at radius 2 is 1.97 bits per heavy atom. The molecule has 0 spiro atoms. The van der Waals surface area contributed by atoms with Crippen LogP contribution in [0.4, 0.5) is 4.79 Å². The normalized spacial score (nSPS) is 15.6. The van der Waals surface area contributed by atoms with E-state index in [0.717, 1.165) is 17.5 Å². The largest absolute Gasteiger partial charge is 0.445 e. The van der Waals surface area contributed by atoms with Gasteiger partial charge in [-0.15, -0.1) is 0 Å². The maximum Gasteiger partial charge on any atom is 0.410 e. The van der Waals surface area contributed by atoms with Gasteiger partial charge in [0, 0.05) is 24.1 Å². The molecule has 0 aliphatic carbocycles. The average molecular weight is 470 g/mol. The van der Waals surface area contributed by atoms with Crippen molar-refractivity contribution in [3.63, 3.8) is 0 Å². The van der Waals surface area contributed by atoms with Crippen LogP contribution in [-0.4, -0.2) is 29.5 Å². The second-order valence-electron chi connectivity index (χ2n) is 7.93. The van der Waals surface area contributed by atoms with E-state index in [9.17, 15) is 14.4 Å². The highest BCUT2D eigenvalue weighted by Crippen LogP contribution is 2.32. The highest BCUT2D eigenvalue weighted by molar-refractivity contribution is 6.33. The number of aryl methyl sites for hydroxylation is 1. The summed E-state index contributed by atoms with van der Waals surface area (Å²) in [5.41, 5.74) is 1.50. The third-order valence-corrected chi connectivity index (χ3v) is 5.87. The van der Waals surface area contributed by atoms with Crippen LogP contribution in [-0.2, 0) is 22.6 Å². The number of carbonyl (C=O) groups is 2. The van der Waals surface area contributed by atoms with Gasteiger partial charge >= 0.3 is 17.7 Å². The molecule has 2 aromatic carbocycles. The Balaban J connectivity index is 1.49. The van der Waals surface area contributed by atoms with Crippen LogP contribution < -0.4 is 10.4 Å². The smallest absolute Gasteiger partial charge is 0.410 e. The minimum absolute atomic E-state index is 0.0791. The van der Waals surface area contributed by atoms with E-state index in [0.29, 0.717) is 36.8 Å². The molecule has 1 aliphatic heterocycles. The first-order chi connectivity index (χ1) is 16.0. The van der Waals surface area contributed by atoms with Gasteiger partial charge in [-0.3, -0.25) is 4.90 Å². The van der Waals surface area contributed by atoms with Crippen LogP contribution in [0.25, 0.3) is 11.0 Å². The highest BCUT2D eigenvalue weighted by atomic mass is 35.5. The van der Waals surface area contributed by atoms with Gasteiger partial charge in [0.15, 0.2) is 5.75 Å². The Labute approximate surface area is 195 Å². The zero-order chi connectivity index (χ0) is 23.4. The molecule has 7 nitrogen and oxygen atoms in total. The maximum atomic E-state index is 12.9. The van der Waals surface area contributed by atoms with Gasteiger partial charge in [-0.1, -0.05) is 55.3 Å². The number of hydrogen-bond donors (Lipinski definition) is 0. The molecule has 1 aromatic heterocycles. The lowest BCUT2D eigenvalue weighted by Crippen LogP contribution is -2.42. The summed E-state index contributed by atoms with van der Waals surface area (Å²) >= 11 is 6.38. The second kappa shape index (κ2) is 10.1. The third-order valence-electron chi connectivity index (χ3n) is 5.58. The molecule has 172 valence electrons. The Morgan fingerprint density at radius 3 is 2.73 bits per heavy atom. The fraction of sp³-hybridized carbons (Fsp3) is 0.320. The Hall–Kier alpha value is -3.32. The molecule has 8 heteroatoms. The molecule has 1 fully saturated rings. The molecule has 0 radical (unpaired) electrons. The first-order valence-corrected chi connectivity index (χ1v) is 11.3. The number of ether oxygens (including phenoxy) is 2. The molecule has 33 heavy (non-hydrogen) atoms. The highest BCUT2D eigenvalue weighted by Gasteiger charge is 2.37. The van der Waals surface area contributed by atoms with E-state index < -0.39 is 23.7 Å². The van der Waals surface area contributed by atoms with Gasteiger partial charge in [0.05, 0.1) is 5.02 Å². The Bertz CT molecular complexity index is 1220. The van der Waals surface area contributed by atoms with E-state index in [-0.39, 0.29) is 17.4 Å². The van der Waals surface area contributed by atoms with Crippen molar-refractivity contribution < 1.29 is 23.5 Å². The van der Waals surface area contributed by atoms with Crippen molar-refractivity contribution in [3.8, 4) is 5.75 Å². The molecule has 1 saturated heterocycles. The van der Waals surface area contributed by atoms with Crippen LogP contribution in [0.2, 0.25) is 5.02 Å². The number of rotatable bonds is 6. The summed E-state index contributed by atoms with van der Waals surface area (Å²) in [7, 11) is 0. The zero-order valence-electron chi connectivity index (χ0n) is 18.2. The maximum absolute atomic E-state index is 12.9. The molecule has 2 heterocycles. The van der Waals surface area contributed by atoms with Crippen LogP contribution in [0, 0.1) is 0 Å². The predicted octanol–water partition coefficient (Wildman–Crippen LogP) is 5.11. The number of hydrogen-bond acceptors (Lipinski definition) is 6. The van der Waals surface area contributed by atoms with Crippen LogP contribution in [0.1, 0.15) is 37.3 Å². The molecule has 3 aromatic rings. The van der Waals surface area contributed by atoms with Crippen molar-refractivity contribution >= 4 is 34.6 Å². The van der Waals surface area contributed by atoms with E-state index in [1.807, 2.05) is 37.3 Å². The van der Waals surface area contributed by atoms with E-state index >= 15 is 0 Å². The topological polar surface area (TPSA) is 86.0 Å². The lowest BCUT2D eigenvalue weighted by atomic mass is 10.1. The van der Waals surface area contributed by atoms with Crippen molar-refractivity contribution in [3.05, 3.63) is 75.1 Å². The summed E-state index contributed by atoms with van der Waals surface area (Å²) in [6.45, 7) is 2.53. The average Bonchev–Trinajstić information content (AvgIpc) is 3.30. The first-order valence-electron chi connectivity index (χ1n) is 10.9. The molecule has 1 amide bonds. The van der Waals surface area contributed by atoms with Crippen molar-refractivity contribution in [2.24, 2.45) is 0 Å². The fourth-order valence-electron chi connectivity index (χ4n) is 3.99. The van der Waals surface area contributed by atoms with Crippen molar-refractivity contribution in [1.82, 2.24) is 4.90 Å². The molecule has 1 unspecified atom stereocenters. The monoisotopic (exact) mass is 469 g/mol. The molecular weight excluding hydrogens is 446 g/mol. The van der Waals surface area contributed by atoms with Gasteiger partial charge in [-0.05, 0) is 36.5 Å². The minimum atomic E-state index is -0.779. The summed E-state index contributed by atoms with van der Waals surface area (Å²) in [5.74, 6) is -0.534. The standard InChI is InChI=1S/C25H24ClNO6/c1-2-7-17-12-23(28)32-21-14-22(19(26)13-18(17)21)33-24(29)20-10-6-11-27(20)25(30)31-15-16-8-4-3-5-9-16/h3-5,8-9,12-14,20H,2,6-7,10-11,15H2,1H3. The van der Waals surface area contributed by atoms with Crippen LogP contribution in [0.5, 0.6) is 5.75 Å². The number of carbonyl (C=O) groups excluding carboxylic acids is 2. The van der Waals surface area contributed by atoms with Gasteiger partial charge in [-0.25, -0.2) is 14.4 Å². The number of fused-ring (bicyclic) bond motifs is 1. The summed E-state index contributed by atoms with van der Waals surface area (Å²) in [5, 5.41) is 0.923. The van der Waals surface area contributed by atoms with E-state index in [1.165, 1.54) is 17.0 Å². The number of nitrogens with zero attached hydrogens (tertiary/aromatic N) is 1. The third kappa shape index (κ3) is 5.20. The second-order valence-corrected chi connectivity index (χ2v) is 8.34. The number of likely N-dealkylation sites (tertiary alicyclic amines) is 1. The molecule has 0 saturated carbocycles. The Morgan fingerprint density at radius 1 is 1.18 bits per heavy atom. The number of esters is 1. The molecule has 0 N–H and O–H groups in total. The van der Waals surface area contributed by atoms with Crippen molar-refractivity contribution in [2.75, 3.05) is 6.54 Å². The number of amides is 1. The molecule has 1 atom stereocenters. The van der Waals surface area contributed by atoms with Gasteiger partial charge in [0.1, 0.15) is 18.2 Å².